The van der Waals surface area contributed by atoms with Gasteiger partial charge in [0.2, 0.25) is 15.7 Å². The number of anilines is 2. The van der Waals surface area contributed by atoms with E-state index in [-0.39, 0.29) is 28.2 Å². The molecule has 0 aliphatic heterocycles. The molecular formula is C17H15F3N4O4S. The van der Waals surface area contributed by atoms with Crippen molar-refractivity contribution in [1.29, 1.82) is 0 Å². The van der Waals surface area contributed by atoms with Crippen LogP contribution in [0, 0.1) is 5.82 Å². The second-order valence-electron chi connectivity index (χ2n) is 6.18. The highest BCUT2D eigenvalue weighted by Gasteiger charge is 2.21. The second kappa shape index (κ2) is 7.70. The summed E-state index contributed by atoms with van der Waals surface area (Å²) >= 11 is 0. The molecule has 3 aromatic rings. The molecule has 0 aliphatic carbocycles. The van der Waals surface area contributed by atoms with Gasteiger partial charge in [-0.15, -0.1) is 0 Å². The fourth-order valence-electron chi connectivity index (χ4n) is 2.68. The van der Waals surface area contributed by atoms with Crippen LogP contribution in [0.3, 0.4) is 0 Å². The van der Waals surface area contributed by atoms with Crippen LogP contribution in [0.5, 0.6) is 0 Å². The Kier molecular flexibility index (Phi) is 5.46. The van der Waals surface area contributed by atoms with Gasteiger partial charge in [0.15, 0.2) is 0 Å². The first kappa shape index (κ1) is 20.6. The SMILES string of the molecule is C[C@@H](Nc1ncnc2oc(=O)c(NS(C)(=O)=O)cc12)c1cccc(C(F)F)c1F. The predicted molar refractivity (Wildman–Crippen MR) is 99.9 cm³/mol. The van der Waals surface area contributed by atoms with Gasteiger partial charge in [0.05, 0.1) is 23.2 Å². The minimum Gasteiger partial charge on any atom is -0.402 e. The number of sulfonamides is 1. The lowest BCUT2D eigenvalue weighted by Crippen LogP contribution is -2.17. The first-order valence-corrected chi connectivity index (χ1v) is 10.1. The largest absolute Gasteiger partial charge is 0.402 e. The number of alkyl halides is 2. The Morgan fingerprint density at radius 3 is 2.52 bits per heavy atom. The van der Waals surface area contributed by atoms with Crippen molar-refractivity contribution in [2.75, 3.05) is 16.3 Å². The van der Waals surface area contributed by atoms with Crippen LogP contribution in [0.1, 0.15) is 30.5 Å². The molecule has 2 N–H and O–H groups in total. The molecule has 0 saturated carbocycles. The van der Waals surface area contributed by atoms with Crippen LogP contribution in [0.4, 0.5) is 24.7 Å². The molecule has 0 amide bonds. The van der Waals surface area contributed by atoms with Gasteiger partial charge < -0.3 is 9.73 Å². The van der Waals surface area contributed by atoms with Gasteiger partial charge in [-0.05, 0) is 13.0 Å². The summed E-state index contributed by atoms with van der Waals surface area (Å²) in [5.41, 5.74) is -2.22. The molecule has 1 aromatic carbocycles. The number of nitrogens with one attached hydrogen (secondary N) is 2. The van der Waals surface area contributed by atoms with Gasteiger partial charge >= 0.3 is 5.63 Å². The van der Waals surface area contributed by atoms with Crippen molar-refractivity contribution in [3.05, 3.63) is 58.0 Å². The zero-order valence-electron chi connectivity index (χ0n) is 15.1. The first-order valence-electron chi connectivity index (χ1n) is 8.16. The van der Waals surface area contributed by atoms with E-state index in [9.17, 15) is 26.4 Å². The van der Waals surface area contributed by atoms with E-state index in [0.29, 0.717) is 0 Å². The van der Waals surface area contributed by atoms with E-state index in [4.69, 9.17) is 4.42 Å². The van der Waals surface area contributed by atoms with Crippen molar-refractivity contribution in [3.8, 4) is 0 Å². The lowest BCUT2D eigenvalue weighted by atomic mass is 10.0. The molecular weight excluding hydrogens is 413 g/mol. The molecule has 12 heteroatoms. The molecule has 0 radical (unpaired) electrons. The highest BCUT2D eigenvalue weighted by Crippen LogP contribution is 2.30. The monoisotopic (exact) mass is 428 g/mol. The third-order valence-corrected chi connectivity index (χ3v) is 4.54. The topological polar surface area (TPSA) is 114 Å². The molecule has 2 heterocycles. The molecule has 0 aliphatic rings. The molecule has 0 unspecified atom stereocenters. The van der Waals surface area contributed by atoms with E-state index in [1.54, 1.807) is 0 Å². The Hall–Kier alpha value is -3.15. The van der Waals surface area contributed by atoms with E-state index >= 15 is 0 Å². The maximum absolute atomic E-state index is 14.4. The Bertz CT molecular complexity index is 1230. The van der Waals surface area contributed by atoms with Crippen LogP contribution >= 0.6 is 0 Å². The molecule has 2 aromatic heterocycles. The van der Waals surface area contributed by atoms with Crippen LogP contribution in [0.15, 0.2) is 39.8 Å². The van der Waals surface area contributed by atoms with E-state index < -0.39 is 39.5 Å². The van der Waals surface area contributed by atoms with Crippen LogP contribution in [0.2, 0.25) is 0 Å². The van der Waals surface area contributed by atoms with Gasteiger partial charge in [-0.3, -0.25) is 4.72 Å². The van der Waals surface area contributed by atoms with Gasteiger partial charge in [-0.2, -0.15) is 0 Å². The molecule has 154 valence electrons. The Labute approximate surface area is 162 Å². The molecule has 1 atom stereocenters. The zero-order valence-corrected chi connectivity index (χ0v) is 15.9. The standard InChI is InChI=1S/C17H15F3N4O4S/c1-8(9-4-3-5-10(13(9)18)14(19)20)23-15-11-6-12(24-29(2,26)27)17(25)28-16(11)22-7-21-15/h3-8,14,24H,1-2H3,(H,21,22,23)/t8-/m1/s1. The molecule has 3 rings (SSSR count). The number of fused-ring (bicyclic) bond motifs is 1. The van der Waals surface area contributed by atoms with Gasteiger partial charge in [0.25, 0.3) is 6.43 Å². The summed E-state index contributed by atoms with van der Waals surface area (Å²) in [7, 11) is -3.76. The van der Waals surface area contributed by atoms with Crippen molar-refractivity contribution < 1.29 is 26.0 Å². The number of benzene rings is 1. The van der Waals surface area contributed by atoms with Gasteiger partial charge in [-0.1, -0.05) is 18.2 Å². The molecule has 8 nitrogen and oxygen atoms in total. The maximum atomic E-state index is 14.4. The van der Waals surface area contributed by atoms with E-state index in [0.717, 1.165) is 18.6 Å². The Morgan fingerprint density at radius 2 is 1.86 bits per heavy atom. The van der Waals surface area contributed by atoms with Crippen LogP contribution in [-0.2, 0) is 10.0 Å². The minimum absolute atomic E-state index is 0.0265. The Morgan fingerprint density at radius 1 is 1.17 bits per heavy atom. The highest BCUT2D eigenvalue weighted by molar-refractivity contribution is 7.92. The summed E-state index contributed by atoms with van der Waals surface area (Å²) in [4.78, 5) is 19.7. The average molecular weight is 428 g/mol. The smallest absolute Gasteiger partial charge is 0.362 e. The fraction of sp³-hybridized carbons (Fsp3) is 0.235. The number of hydrogen-bond acceptors (Lipinski definition) is 7. The van der Waals surface area contributed by atoms with Crippen molar-refractivity contribution in [3.63, 3.8) is 0 Å². The number of hydrogen-bond donors (Lipinski definition) is 2. The molecule has 0 bridgehead atoms. The van der Waals surface area contributed by atoms with Crippen molar-refractivity contribution >= 4 is 32.6 Å². The third-order valence-electron chi connectivity index (χ3n) is 3.95. The highest BCUT2D eigenvalue weighted by atomic mass is 32.2. The van der Waals surface area contributed by atoms with E-state index in [2.05, 4.69) is 15.3 Å². The van der Waals surface area contributed by atoms with E-state index in [1.165, 1.54) is 25.1 Å². The van der Waals surface area contributed by atoms with Gasteiger partial charge in [0.1, 0.15) is 23.6 Å². The summed E-state index contributed by atoms with van der Waals surface area (Å²) in [6.07, 6.45) is -1.03. The molecule has 0 spiro atoms. The molecule has 29 heavy (non-hydrogen) atoms. The van der Waals surface area contributed by atoms with Gasteiger partial charge in [0, 0.05) is 5.56 Å². The maximum Gasteiger partial charge on any atom is 0.362 e. The summed E-state index contributed by atoms with van der Waals surface area (Å²) in [5.74, 6) is -0.962. The number of halogens is 3. The molecule has 0 fully saturated rings. The number of rotatable bonds is 6. The number of aromatic nitrogens is 2. The third kappa shape index (κ3) is 4.47. The molecule has 0 saturated heterocycles. The quantitative estimate of drug-likeness (QED) is 0.620. The lowest BCUT2D eigenvalue weighted by molar-refractivity contribution is 0.146. The summed E-state index contributed by atoms with van der Waals surface area (Å²) < 4.78 is 70.1. The summed E-state index contributed by atoms with van der Waals surface area (Å²) in [6.45, 7) is 1.52. The normalized spacial score (nSPS) is 12.9. The van der Waals surface area contributed by atoms with Crippen molar-refractivity contribution in [1.82, 2.24) is 9.97 Å². The van der Waals surface area contributed by atoms with Crippen molar-refractivity contribution in [2.45, 2.75) is 19.4 Å². The number of nitrogens with zero attached hydrogens (tertiary/aromatic N) is 2. The summed E-state index contributed by atoms with van der Waals surface area (Å²) in [6, 6.07) is 4.02. The summed E-state index contributed by atoms with van der Waals surface area (Å²) in [5, 5.41) is 2.98. The second-order valence-corrected chi connectivity index (χ2v) is 7.93. The minimum atomic E-state index is -3.76. The van der Waals surface area contributed by atoms with Gasteiger partial charge in [-0.25, -0.2) is 36.4 Å². The average Bonchev–Trinajstić information content (AvgIpc) is 2.61. The van der Waals surface area contributed by atoms with Crippen molar-refractivity contribution in [2.24, 2.45) is 0 Å². The van der Waals surface area contributed by atoms with E-state index in [1.807, 2.05) is 4.72 Å². The first-order chi connectivity index (χ1) is 13.6. The fourth-order valence-corrected chi connectivity index (χ4v) is 3.22. The zero-order chi connectivity index (χ0) is 21.3. The predicted octanol–water partition coefficient (Wildman–Crippen LogP) is 3.20. The van der Waals surface area contributed by atoms with Crippen LogP contribution in [0.25, 0.3) is 11.1 Å². The Balaban J connectivity index is 2.03. The lowest BCUT2D eigenvalue weighted by Gasteiger charge is -2.18. The van der Waals surface area contributed by atoms with Crippen LogP contribution < -0.4 is 15.7 Å². The van der Waals surface area contributed by atoms with Crippen LogP contribution in [-0.4, -0.2) is 24.6 Å².